The van der Waals surface area contributed by atoms with Gasteiger partial charge in [-0.15, -0.1) is 0 Å². The molecule has 0 bridgehead atoms. The summed E-state index contributed by atoms with van der Waals surface area (Å²) in [5.74, 6) is 0.999. The number of hydrogen-bond acceptors (Lipinski definition) is 3. The molecule has 0 saturated heterocycles. The summed E-state index contributed by atoms with van der Waals surface area (Å²) in [5, 5.41) is 0. The van der Waals surface area contributed by atoms with Gasteiger partial charge in [-0.3, -0.25) is 9.36 Å². The molecule has 0 radical (unpaired) electrons. The quantitative estimate of drug-likeness (QED) is 0.614. The van der Waals surface area contributed by atoms with Crippen molar-refractivity contribution in [3.63, 3.8) is 0 Å². The molecule has 144 valence electrons. The number of hydrogen-bond donors (Lipinski definition) is 0. The van der Waals surface area contributed by atoms with E-state index in [1.165, 1.54) is 0 Å². The Kier molecular flexibility index (Phi) is 9.59. The van der Waals surface area contributed by atoms with Crippen LogP contribution in [0.3, 0.4) is 0 Å². The van der Waals surface area contributed by atoms with Crippen LogP contribution in [0.4, 0.5) is 0 Å². The Morgan fingerprint density at radius 1 is 0.852 bits per heavy atom. The minimum atomic E-state index is -0.105. The molecule has 4 heteroatoms. The molecule has 0 aliphatic rings. The zero-order chi connectivity index (χ0) is 20.2. The van der Waals surface area contributed by atoms with Crippen molar-refractivity contribution in [1.29, 1.82) is 0 Å². The summed E-state index contributed by atoms with van der Waals surface area (Å²) in [5.41, 5.74) is 2.25. The molecule has 0 fully saturated rings. The van der Waals surface area contributed by atoms with Crippen molar-refractivity contribution in [2.45, 2.75) is 48.1 Å². The summed E-state index contributed by atoms with van der Waals surface area (Å²) in [6.45, 7) is 11.9. The van der Waals surface area contributed by atoms with Crippen molar-refractivity contribution in [3.05, 3.63) is 88.0 Å². The number of para-hydroxylation sites is 1. The zero-order valence-corrected chi connectivity index (χ0v) is 17.2. The Hall–Kier alpha value is -2.88. The smallest absolute Gasteiger partial charge is 0.264 e. The lowest BCUT2D eigenvalue weighted by atomic mass is 10.2. The molecule has 0 aliphatic carbocycles. The first kappa shape index (κ1) is 22.2. The molecule has 0 saturated carbocycles. The first-order chi connectivity index (χ1) is 13.2. The van der Waals surface area contributed by atoms with Gasteiger partial charge in [-0.1, -0.05) is 76.2 Å². The highest BCUT2D eigenvalue weighted by Gasteiger charge is 2.13. The van der Waals surface area contributed by atoms with Gasteiger partial charge < -0.3 is 4.74 Å². The van der Waals surface area contributed by atoms with Gasteiger partial charge in [0.25, 0.3) is 5.56 Å². The van der Waals surface area contributed by atoms with Crippen LogP contribution in [0.25, 0.3) is 5.69 Å². The van der Waals surface area contributed by atoms with E-state index in [1.807, 2.05) is 95.3 Å². The monoisotopic (exact) mass is 366 g/mol. The zero-order valence-electron chi connectivity index (χ0n) is 17.2. The van der Waals surface area contributed by atoms with Crippen molar-refractivity contribution in [1.82, 2.24) is 9.55 Å². The van der Waals surface area contributed by atoms with Crippen LogP contribution in [-0.2, 0) is 6.61 Å². The number of aromatic nitrogens is 2. The number of aryl methyl sites for hydroxylation is 1. The van der Waals surface area contributed by atoms with E-state index < -0.39 is 0 Å². The molecule has 2 aromatic carbocycles. The lowest BCUT2D eigenvalue weighted by Gasteiger charge is -2.14. The molecular weight excluding hydrogens is 336 g/mol. The van der Waals surface area contributed by atoms with Gasteiger partial charge >= 0.3 is 0 Å². The number of benzene rings is 2. The Morgan fingerprint density at radius 2 is 1.37 bits per heavy atom. The van der Waals surface area contributed by atoms with Gasteiger partial charge in [-0.2, -0.15) is 4.98 Å². The molecule has 0 spiro atoms. The van der Waals surface area contributed by atoms with E-state index in [2.05, 4.69) is 4.98 Å². The van der Waals surface area contributed by atoms with E-state index in [4.69, 9.17) is 4.74 Å². The maximum atomic E-state index is 12.7. The van der Waals surface area contributed by atoms with Crippen LogP contribution in [0.15, 0.2) is 65.5 Å². The Morgan fingerprint density at radius 3 is 1.93 bits per heavy atom. The highest BCUT2D eigenvalue weighted by atomic mass is 16.5. The second-order valence-electron chi connectivity index (χ2n) is 5.34. The van der Waals surface area contributed by atoms with Gasteiger partial charge in [0.1, 0.15) is 12.4 Å². The van der Waals surface area contributed by atoms with E-state index in [0.29, 0.717) is 23.9 Å². The van der Waals surface area contributed by atoms with Crippen molar-refractivity contribution in [2.24, 2.45) is 0 Å². The average molecular weight is 367 g/mol. The molecule has 0 unspecified atom stereocenters. The minimum absolute atomic E-state index is 0.105. The van der Waals surface area contributed by atoms with E-state index in [-0.39, 0.29) is 5.56 Å². The highest BCUT2D eigenvalue weighted by molar-refractivity contribution is 5.36. The first-order valence-corrected chi connectivity index (χ1v) is 9.49. The fraction of sp³-hybridized carbons (Fsp3) is 0.304. The van der Waals surface area contributed by atoms with Crippen LogP contribution in [0.1, 0.15) is 44.6 Å². The second kappa shape index (κ2) is 11.7. The van der Waals surface area contributed by atoms with Crippen LogP contribution < -0.4 is 10.3 Å². The highest BCUT2D eigenvalue weighted by Crippen LogP contribution is 2.16. The van der Waals surface area contributed by atoms with Gasteiger partial charge in [0.15, 0.2) is 0 Å². The predicted molar refractivity (Wildman–Crippen MR) is 113 cm³/mol. The first-order valence-electron chi connectivity index (χ1n) is 9.49. The Balaban J connectivity index is 0.000000855. The van der Waals surface area contributed by atoms with E-state index in [1.54, 1.807) is 11.5 Å². The summed E-state index contributed by atoms with van der Waals surface area (Å²) < 4.78 is 7.35. The average Bonchev–Trinajstić information content (AvgIpc) is 2.74. The molecule has 3 rings (SSSR count). The fourth-order valence-corrected chi connectivity index (χ4v) is 2.43. The maximum absolute atomic E-state index is 12.7. The van der Waals surface area contributed by atoms with Gasteiger partial charge in [-0.05, 0) is 31.5 Å². The Labute approximate surface area is 162 Å². The molecule has 3 aromatic rings. The summed E-state index contributed by atoms with van der Waals surface area (Å²) in [4.78, 5) is 17.1. The van der Waals surface area contributed by atoms with E-state index in [9.17, 15) is 4.79 Å². The summed E-state index contributed by atoms with van der Waals surface area (Å²) in [6, 6.07) is 19.3. The molecule has 4 nitrogen and oxygen atoms in total. The third kappa shape index (κ3) is 5.81. The van der Waals surface area contributed by atoms with Crippen LogP contribution in [-0.4, -0.2) is 9.55 Å². The number of nitrogens with zero attached hydrogens (tertiary/aromatic N) is 2. The lowest BCUT2D eigenvalue weighted by Crippen LogP contribution is -2.25. The van der Waals surface area contributed by atoms with Gasteiger partial charge in [0.2, 0.25) is 5.88 Å². The summed E-state index contributed by atoms with van der Waals surface area (Å²) in [6.07, 6.45) is 0. The third-order valence-corrected chi connectivity index (χ3v) is 3.66. The van der Waals surface area contributed by atoms with Gasteiger partial charge in [-0.25, -0.2) is 0 Å². The Bertz CT molecular complexity index is 857. The second-order valence-corrected chi connectivity index (χ2v) is 5.34. The van der Waals surface area contributed by atoms with Crippen LogP contribution in [0.5, 0.6) is 5.88 Å². The van der Waals surface area contributed by atoms with Gasteiger partial charge in [0.05, 0.1) is 11.3 Å². The molecule has 0 N–H and O–H groups in total. The molecular formula is C23H30N2O2. The number of ether oxygens (including phenoxy) is 1. The lowest BCUT2D eigenvalue weighted by molar-refractivity contribution is 0.289. The standard InChI is InChI=1S/C19H18N2O2.2C2H6/c1-14-18(23-13-16-9-5-3-6-10-16)20-15(2)21(19(14)22)17-11-7-4-8-12-17;2*1-2/h3-12H,13H2,1-2H3;2*1-2H3. The molecule has 1 aromatic heterocycles. The van der Waals surface area contributed by atoms with E-state index >= 15 is 0 Å². The SMILES string of the molecule is CC.CC.Cc1c(OCc2ccccc2)nc(C)n(-c2ccccc2)c1=O. The van der Waals surface area contributed by atoms with Crippen molar-refractivity contribution in [2.75, 3.05) is 0 Å². The largest absolute Gasteiger partial charge is 0.472 e. The molecule has 0 aliphatic heterocycles. The summed E-state index contributed by atoms with van der Waals surface area (Å²) in [7, 11) is 0. The number of rotatable bonds is 4. The topological polar surface area (TPSA) is 44.1 Å². The summed E-state index contributed by atoms with van der Waals surface area (Å²) >= 11 is 0. The van der Waals surface area contributed by atoms with Crippen LogP contribution in [0.2, 0.25) is 0 Å². The van der Waals surface area contributed by atoms with Crippen molar-refractivity contribution < 1.29 is 4.74 Å². The molecule has 1 heterocycles. The fourth-order valence-electron chi connectivity index (χ4n) is 2.43. The minimum Gasteiger partial charge on any atom is -0.472 e. The molecule has 0 amide bonds. The van der Waals surface area contributed by atoms with Crippen molar-refractivity contribution in [3.8, 4) is 11.6 Å². The maximum Gasteiger partial charge on any atom is 0.264 e. The normalized spacial score (nSPS) is 9.41. The molecule has 27 heavy (non-hydrogen) atoms. The predicted octanol–water partition coefficient (Wildman–Crippen LogP) is 5.48. The van der Waals surface area contributed by atoms with Crippen LogP contribution in [0, 0.1) is 13.8 Å². The van der Waals surface area contributed by atoms with Crippen molar-refractivity contribution >= 4 is 0 Å². The van der Waals surface area contributed by atoms with Crippen LogP contribution >= 0.6 is 0 Å². The van der Waals surface area contributed by atoms with E-state index in [0.717, 1.165) is 11.3 Å². The molecule has 0 atom stereocenters. The third-order valence-electron chi connectivity index (χ3n) is 3.66. The van der Waals surface area contributed by atoms with Gasteiger partial charge in [0, 0.05) is 0 Å².